The molecular weight excluding hydrogens is 252 g/mol. The molecule has 0 aromatic heterocycles. The van der Waals surface area contributed by atoms with Crippen molar-refractivity contribution >= 4 is 5.91 Å². The number of carbonyl (C=O) groups excluding carboxylic acids is 1. The Labute approximate surface area is 121 Å². The first kappa shape index (κ1) is 15.0. The van der Waals surface area contributed by atoms with E-state index in [1.54, 1.807) is 0 Å². The Bertz CT molecular complexity index is 429. The number of hydrogen-bond donors (Lipinski definition) is 1. The van der Waals surface area contributed by atoms with Gasteiger partial charge in [-0.3, -0.25) is 9.69 Å². The molecule has 0 unspecified atom stereocenters. The summed E-state index contributed by atoms with van der Waals surface area (Å²) in [5.41, 5.74) is 0.710. The molecule has 0 saturated carbocycles. The Morgan fingerprint density at radius 2 is 1.95 bits per heavy atom. The van der Waals surface area contributed by atoms with Crippen LogP contribution in [0, 0.1) is 0 Å². The molecule has 1 aromatic carbocycles. The van der Waals surface area contributed by atoms with E-state index in [0.29, 0.717) is 12.1 Å². The van der Waals surface area contributed by atoms with Crippen LogP contribution in [0.15, 0.2) is 30.3 Å². The lowest BCUT2D eigenvalue weighted by atomic mass is 9.95. The summed E-state index contributed by atoms with van der Waals surface area (Å²) in [6, 6.07) is 9.37. The number of amides is 1. The molecule has 2 rings (SSSR count). The standard InChI is InChI=1S/C16H24N2O2/c1-3-16(2,18-9-11-20-12-10-18)13-17-15(19)14-7-5-4-6-8-14/h4-8H,3,9-13H2,1-2H3,(H,17,19)/t16-/m1/s1. The summed E-state index contributed by atoms with van der Waals surface area (Å²) in [6.45, 7) is 8.48. The van der Waals surface area contributed by atoms with Crippen molar-refractivity contribution in [3.8, 4) is 0 Å². The van der Waals surface area contributed by atoms with Gasteiger partial charge >= 0.3 is 0 Å². The summed E-state index contributed by atoms with van der Waals surface area (Å²) in [5, 5.41) is 3.07. The Morgan fingerprint density at radius 1 is 1.30 bits per heavy atom. The van der Waals surface area contributed by atoms with Crippen molar-refractivity contribution in [1.29, 1.82) is 0 Å². The predicted molar refractivity (Wildman–Crippen MR) is 79.9 cm³/mol. The van der Waals surface area contributed by atoms with Gasteiger partial charge in [-0.25, -0.2) is 0 Å². The summed E-state index contributed by atoms with van der Waals surface area (Å²) < 4.78 is 5.41. The molecular formula is C16H24N2O2. The smallest absolute Gasteiger partial charge is 0.251 e. The molecule has 1 atom stereocenters. The summed E-state index contributed by atoms with van der Waals surface area (Å²) in [4.78, 5) is 14.6. The molecule has 1 heterocycles. The Balaban J connectivity index is 1.94. The van der Waals surface area contributed by atoms with E-state index < -0.39 is 0 Å². The van der Waals surface area contributed by atoms with Gasteiger partial charge in [-0.1, -0.05) is 25.1 Å². The highest BCUT2D eigenvalue weighted by molar-refractivity contribution is 5.94. The van der Waals surface area contributed by atoms with Crippen LogP contribution in [-0.4, -0.2) is 49.2 Å². The van der Waals surface area contributed by atoms with E-state index in [4.69, 9.17) is 4.74 Å². The Kier molecular flexibility index (Phi) is 5.15. The van der Waals surface area contributed by atoms with E-state index in [-0.39, 0.29) is 11.4 Å². The Morgan fingerprint density at radius 3 is 2.55 bits per heavy atom. The van der Waals surface area contributed by atoms with Crippen molar-refractivity contribution in [2.24, 2.45) is 0 Å². The van der Waals surface area contributed by atoms with Crippen LogP contribution in [0.1, 0.15) is 30.6 Å². The SMILES string of the molecule is CC[C@](C)(CNC(=O)c1ccccc1)N1CCOCC1. The molecule has 1 N–H and O–H groups in total. The monoisotopic (exact) mass is 276 g/mol. The molecule has 4 heteroatoms. The van der Waals surface area contributed by atoms with Crippen molar-refractivity contribution < 1.29 is 9.53 Å². The number of hydrogen-bond acceptors (Lipinski definition) is 3. The van der Waals surface area contributed by atoms with Gasteiger partial charge < -0.3 is 10.1 Å². The average molecular weight is 276 g/mol. The van der Waals surface area contributed by atoms with Crippen molar-refractivity contribution in [2.45, 2.75) is 25.8 Å². The van der Waals surface area contributed by atoms with Crippen LogP contribution in [0.3, 0.4) is 0 Å². The minimum atomic E-state index is -0.00573. The van der Waals surface area contributed by atoms with Crippen LogP contribution in [0.25, 0.3) is 0 Å². The van der Waals surface area contributed by atoms with Gasteiger partial charge in [-0.2, -0.15) is 0 Å². The fourth-order valence-electron chi connectivity index (χ4n) is 2.53. The van der Waals surface area contributed by atoms with Crippen LogP contribution in [0.5, 0.6) is 0 Å². The maximum atomic E-state index is 12.1. The quantitative estimate of drug-likeness (QED) is 0.893. The second-order valence-corrected chi connectivity index (χ2v) is 5.50. The number of carbonyl (C=O) groups is 1. The lowest BCUT2D eigenvalue weighted by molar-refractivity contribution is -0.0169. The number of morpholine rings is 1. The molecule has 1 aromatic rings. The molecule has 0 aliphatic carbocycles. The van der Waals surface area contributed by atoms with Crippen LogP contribution in [-0.2, 0) is 4.74 Å². The highest BCUT2D eigenvalue weighted by Gasteiger charge is 2.31. The van der Waals surface area contributed by atoms with Crippen molar-refractivity contribution in [2.75, 3.05) is 32.8 Å². The molecule has 1 fully saturated rings. The fraction of sp³-hybridized carbons (Fsp3) is 0.562. The van der Waals surface area contributed by atoms with Crippen LogP contribution < -0.4 is 5.32 Å². The molecule has 0 spiro atoms. The summed E-state index contributed by atoms with van der Waals surface area (Å²) >= 11 is 0. The first-order valence-electron chi connectivity index (χ1n) is 7.32. The van der Waals surface area contributed by atoms with Crippen molar-refractivity contribution in [3.63, 3.8) is 0 Å². The van der Waals surface area contributed by atoms with Crippen LogP contribution in [0.2, 0.25) is 0 Å². The minimum Gasteiger partial charge on any atom is -0.379 e. The largest absolute Gasteiger partial charge is 0.379 e. The first-order chi connectivity index (χ1) is 9.65. The third-order valence-electron chi connectivity index (χ3n) is 4.20. The van der Waals surface area contributed by atoms with Gasteiger partial charge in [0.2, 0.25) is 0 Å². The number of benzene rings is 1. The number of rotatable bonds is 5. The average Bonchev–Trinajstić information content (AvgIpc) is 2.54. The zero-order valence-electron chi connectivity index (χ0n) is 12.4. The summed E-state index contributed by atoms with van der Waals surface area (Å²) in [5.74, 6) is -0.00136. The lowest BCUT2D eigenvalue weighted by Gasteiger charge is -2.43. The van der Waals surface area contributed by atoms with E-state index in [1.165, 1.54) is 0 Å². The molecule has 4 nitrogen and oxygen atoms in total. The van der Waals surface area contributed by atoms with Gasteiger partial charge in [0.1, 0.15) is 0 Å². The molecule has 110 valence electrons. The normalized spacial score (nSPS) is 19.3. The van der Waals surface area contributed by atoms with Crippen molar-refractivity contribution in [1.82, 2.24) is 10.2 Å². The van der Waals surface area contributed by atoms with Gasteiger partial charge in [-0.15, -0.1) is 0 Å². The zero-order chi connectivity index (χ0) is 14.4. The van der Waals surface area contributed by atoms with Crippen LogP contribution in [0.4, 0.5) is 0 Å². The van der Waals surface area contributed by atoms with E-state index in [9.17, 15) is 4.79 Å². The highest BCUT2D eigenvalue weighted by Crippen LogP contribution is 2.20. The summed E-state index contributed by atoms with van der Waals surface area (Å²) in [7, 11) is 0. The first-order valence-corrected chi connectivity index (χ1v) is 7.32. The van der Waals surface area contributed by atoms with E-state index in [2.05, 4.69) is 24.1 Å². The zero-order valence-corrected chi connectivity index (χ0v) is 12.4. The molecule has 0 radical (unpaired) electrons. The number of nitrogens with zero attached hydrogens (tertiary/aromatic N) is 1. The van der Waals surface area contributed by atoms with Gasteiger partial charge in [0, 0.05) is 30.7 Å². The maximum absolute atomic E-state index is 12.1. The van der Waals surface area contributed by atoms with Crippen molar-refractivity contribution in [3.05, 3.63) is 35.9 Å². The maximum Gasteiger partial charge on any atom is 0.251 e. The molecule has 20 heavy (non-hydrogen) atoms. The second kappa shape index (κ2) is 6.86. The topological polar surface area (TPSA) is 41.6 Å². The van der Waals surface area contributed by atoms with E-state index in [1.807, 2.05) is 30.3 Å². The third-order valence-corrected chi connectivity index (χ3v) is 4.20. The summed E-state index contributed by atoms with van der Waals surface area (Å²) in [6.07, 6.45) is 1.00. The molecule has 1 aliphatic heterocycles. The predicted octanol–water partition coefficient (Wildman–Crippen LogP) is 1.92. The number of ether oxygens (including phenoxy) is 1. The Hall–Kier alpha value is -1.39. The van der Waals surface area contributed by atoms with Gasteiger partial charge in [0.15, 0.2) is 0 Å². The third kappa shape index (κ3) is 3.58. The van der Waals surface area contributed by atoms with E-state index >= 15 is 0 Å². The van der Waals surface area contributed by atoms with Gasteiger partial charge in [0.25, 0.3) is 5.91 Å². The lowest BCUT2D eigenvalue weighted by Crippen LogP contribution is -2.56. The highest BCUT2D eigenvalue weighted by atomic mass is 16.5. The van der Waals surface area contributed by atoms with Gasteiger partial charge in [0.05, 0.1) is 13.2 Å². The fourth-order valence-corrected chi connectivity index (χ4v) is 2.53. The van der Waals surface area contributed by atoms with Crippen LogP contribution >= 0.6 is 0 Å². The second-order valence-electron chi connectivity index (χ2n) is 5.50. The molecule has 1 aliphatic rings. The van der Waals surface area contributed by atoms with E-state index in [0.717, 1.165) is 32.7 Å². The molecule has 1 saturated heterocycles. The minimum absolute atomic E-state index is 0.00136. The number of nitrogens with one attached hydrogen (secondary N) is 1. The van der Waals surface area contributed by atoms with Gasteiger partial charge in [-0.05, 0) is 25.5 Å². The molecule has 0 bridgehead atoms. The molecule has 1 amide bonds.